The molecule has 1 heterocycles. The molecule has 0 bridgehead atoms. The van der Waals surface area contributed by atoms with E-state index in [0.717, 1.165) is 13.1 Å². The van der Waals surface area contributed by atoms with E-state index in [1.54, 1.807) is 0 Å². The lowest BCUT2D eigenvalue weighted by atomic mass is 9.84. The second-order valence-electron chi connectivity index (χ2n) is 5.72. The molecule has 96 valence electrons. The van der Waals surface area contributed by atoms with Gasteiger partial charge in [0.15, 0.2) is 0 Å². The van der Waals surface area contributed by atoms with Crippen LogP contribution < -0.4 is 5.73 Å². The summed E-state index contributed by atoms with van der Waals surface area (Å²) in [4.78, 5) is 3.93. The summed E-state index contributed by atoms with van der Waals surface area (Å²) in [6, 6.07) is 4.75. The Labute approximate surface area is 109 Å². The van der Waals surface area contributed by atoms with Crippen molar-refractivity contribution in [1.29, 1.82) is 0 Å². The molecule has 0 spiro atoms. The number of hydrogen-bond acceptors (Lipinski definition) is 3. The van der Waals surface area contributed by atoms with Gasteiger partial charge in [0.2, 0.25) is 0 Å². The van der Waals surface area contributed by atoms with Crippen molar-refractivity contribution in [3.8, 4) is 0 Å². The average molecular weight is 252 g/mol. The first kappa shape index (κ1) is 13.1. The largest absolute Gasteiger partial charge is 0.327 e. The third kappa shape index (κ3) is 3.30. The van der Waals surface area contributed by atoms with Gasteiger partial charge in [0.05, 0.1) is 0 Å². The summed E-state index contributed by atoms with van der Waals surface area (Å²) in [5, 5.41) is 2.16. The molecule has 0 amide bonds. The highest BCUT2D eigenvalue weighted by Gasteiger charge is 2.36. The zero-order valence-electron chi connectivity index (χ0n) is 11.0. The van der Waals surface area contributed by atoms with E-state index in [4.69, 9.17) is 5.73 Å². The lowest BCUT2D eigenvalue weighted by molar-refractivity contribution is 0.179. The molecular formula is C14H24N2S. The quantitative estimate of drug-likeness (QED) is 0.873. The second kappa shape index (κ2) is 5.51. The predicted octanol–water partition coefficient (Wildman–Crippen LogP) is 2.74. The minimum atomic E-state index is 0.337. The van der Waals surface area contributed by atoms with Gasteiger partial charge in [0.1, 0.15) is 0 Å². The van der Waals surface area contributed by atoms with Gasteiger partial charge in [-0.3, -0.25) is 0 Å². The fraction of sp³-hybridized carbons (Fsp3) is 0.714. The van der Waals surface area contributed by atoms with Crippen LogP contribution in [0.4, 0.5) is 0 Å². The molecule has 2 rings (SSSR count). The van der Waals surface area contributed by atoms with Gasteiger partial charge >= 0.3 is 0 Å². The van der Waals surface area contributed by atoms with Gasteiger partial charge in [-0.2, -0.15) is 0 Å². The van der Waals surface area contributed by atoms with Gasteiger partial charge in [0, 0.05) is 24.0 Å². The molecule has 17 heavy (non-hydrogen) atoms. The van der Waals surface area contributed by atoms with Crippen molar-refractivity contribution in [3.05, 3.63) is 22.4 Å². The summed E-state index contributed by atoms with van der Waals surface area (Å²) in [5.74, 6) is 0. The third-order valence-electron chi connectivity index (χ3n) is 4.11. The first-order chi connectivity index (χ1) is 8.10. The second-order valence-corrected chi connectivity index (χ2v) is 6.75. The van der Waals surface area contributed by atoms with Crippen molar-refractivity contribution < 1.29 is 0 Å². The molecule has 2 nitrogen and oxygen atoms in total. The Morgan fingerprint density at radius 1 is 1.59 bits per heavy atom. The molecule has 1 fully saturated rings. The van der Waals surface area contributed by atoms with E-state index in [1.807, 2.05) is 11.3 Å². The van der Waals surface area contributed by atoms with Crippen molar-refractivity contribution in [3.63, 3.8) is 0 Å². The molecule has 3 heteroatoms. The number of nitrogens with zero attached hydrogens (tertiary/aromatic N) is 1. The third-order valence-corrected chi connectivity index (χ3v) is 5.05. The number of likely N-dealkylation sites (N-methyl/N-ethyl adjacent to an activating group) is 1. The van der Waals surface area contributed by atoms with Crippen LogP contribution in [-0.2, 0) is 6.42 Å². The average Bonchev–Trinajstić information content (AvgIpc) is 2.88. The molecule has 2 unspecified atom stereocenters. The van der Waals surface area contributed by atoms with Gasteiger partial charge in [-0.25, -0.2) is 0 Å². The Balaban J connectivity index is 1.79. The maximum atomic E-state index is 6.23. The minimum absolute atomic E-state index is 0.337. The van der Waals surface area contributed by atoms with Gasteiger partial charge in [0.25, 0.3) is 0 Å². The highest BCUT2D eigenvalue weighted by atomic mass is 32.1. The van der Waals surface area contributed by atoms with Crippen LogP contribution in [0.2, 0.25) is 0 Å². The number of nitrogens with two attached hydrogens (primary N) is 1. The zero-order chi connectivity index (χ0) is 12.3. The SMILES string of the molecule is CN(CCc1cccs1)CC1(C)CCCC1N. The van der Waals surface area contributed by atoms with Crippen LogP contribution in [0.1, 0.15) is 31.1 Å². The Morgan fingerprint density at radius 2 is 2.41 bits per heavy atom. The molecule has 1 aromatic rings. The van der Waals surface area contributed by atoms with Crippen LogP contribution in [0.5, 0.6) is 0 Å². The summed E-state index contributed by atoms with van der Waals surface area (Å²) in [6.45, 7) is 4.63. The van der Waals surface area contributed by atoms with Crippen molar-refractivity contribution >= 4 is 11.3 Å². The monoisotopic (exact) mass is 252 g/mol. The van der Waals surface area contributed by atoms with E-state index in [1.165, 1.54) is 30.6 Å². The normalized spacial score (nSPS) is 29.1. The Bertz CT molecular complexity index is 336. The highest BCUT2D eigenvalue weighted by molar-refractivity contribution is 7.09. The molecule has 0 saturated heterocycles. The van der Waals surface area contributed by atoms with Gasteiger partial charge < -0.3 is 10.6 Å². The molecule has 1 saturated carbocycles. The first-order valence-corrected chi connectivity index (χ1v) is 7.45. The van der Waals surface area contributed by atoms with Gasteiger partial charge in [-0.1, -0.05) is 19.4 Å². The summed E-state index contributed by atoms with van der Waals surface area (Å²) >= 11 is 1.86. The summed E-state index contributed by atoms with van der Waals surface area (Å²) < 4.78 is 0. The van der Waals surface area contributed by atoms with E-state index in [9.17, 15) is 0 Å². The summed E-state index contributed by atoms with van der Waals surface area (Å²) in [6.07, 6.45) is 4.96. The van der Waals surface area contributed by atoms with Gasteiger partial charge in [-0.05, 0) is 43.2 Å². The maximum Gasteiger partial charge on any atom is 0.0105 e. The van der Waals surface area contributed by atoms with E-state index >= 15 is 0 Å². The number of rotatable bonds is 5. The summed E-state index contributed by atoms with van der Waals surface area (Å²) in [7, 11) is 2.23. The molecule has 1 aliphatic rings. The van der Waals surface area contributed by atoms with Crippen molar-refractivity contribution in [2.75, 3.05) is 20.1 Å². The first-order valence-electron chi connectivity index (χ1n) is 6.57. The Kier molecular flexibility index (Phi) is 4.23. The predicted molar refractivity (Wildman–Crippen MR) is 75.5 cm³/mol. The summed E-state index contributed by atoms with van der Waals surface area (Å²) in [5.41, 5.74) is 6.57. The van der Waals surface area contributed by atoms with Crippen molar-refractivity contribution in [2.45, 2.75) is 38.6 Å². The van der Waals surface area contributed by atoms with Crippen LogP contribution in [0, 0.1) is 5.41 Å². The fourth-order valence-corrected chi connectivity index (χ4v) is 3.61. The maximum absolute atomic E-state index is 6.23. The van der Waals surface area contributed by atoms with Crippen LogP contribution in [-0.4, -0.2) is 31.1 Å². The molecule has 2 N–H and O–H groups in total. The van der Waals surface area contributed by atoms with E-state index in [-0.39, 0.29) is 0 Å². The van der Waals surface area contributed by atoms with Crippen LogP contribution in [0.25, 0.3) is 0 Å². The fourth-order valence-electron chi connectivity index (χ4n) is 2.91. The number of thiophene rings is 1. The van der Waals surface area contributed by atoms with E-state index in [0.29, 0.717) is 11.5 Å². The molecule has 1 aliphatic carbocycles. The smallest absolute Gasteiger partial charge is 0.0105 e. The minimum Gasteiger partial charge on any atom is -0.327 e. The van der Waals surface area contributed by atoms with Crippen LogP contribution in [0.15, 0.2) is 17.5 Å². The number of hydrogen-bond donors (Lipinski definition) is 1. The molecule has 2 atom stereocenters. The van der Waals surface area contributed by atoms with E-state index in [2.05, 4.69) is 36.4 Å². The molecule has 1 aromatic heterocycles. The lowest BCUT2D eigenvalue weighted by Crippen LogP contribution is -2.43. The van der Waals surface area contributed by atoms with Gasteiger partial charge in [-0.15, -0.1) is 11.3 Å². The van der Waals surface area contributed by atoms with E-state index < -0.39 is 0 Å². The van der Waals surface area contributed by atoms with Crippen molar-refractivity contribution in [2.24, 2.45) is 11.1 Å². The molecular weight excluding hydrogens is 228 g/mol. The Morgan fingerprint density at radius 3 is 3.00 bits per heavy atom. The zero-order valence-corrected chi connectivity index (χ0v) is 11.8. The lowest BCUT2D eigenvalue weighted by Gasteiger charge is -2.33. The molecule has 0 aromatic carbocycles. The Hall–Kier alpha value is -0.380. The molecule has 0 radical (unpaired) electrons. The van der Waals surface area contributed by atoms with Crippen LogP contribution >= 0.6 is 11.3 Å². The van der Waals surface area contributed by atoms with Crippen molar-refractivity contribution in [1.82, 2.24) is 4.90 Å². The topological polar surface area (TPSA) is 29.3 Å². The highest BCUT2D eigenvalue weighted by Crippen LogP contribution is 2.37. The molecule has 0 aliphatic heterocycles. The standard InChI is InChI=1S/C14H24N2S/c1-14(8-3-6-13(14)15)11-16(2)9-7-12-5-4-10-17-12/h4-5,10,13H,3,6-9,11,15H2,1-2H3. The van der Waals surface area contributed by atoms with Crippen LogP contribution in [0.3, 0.4) is 0 Å².